The molecular formula is C28H22S. The standard InChI is InChI=1S/C28H22S/c1-5-14-24(15-6-1)16-13-23-29-28(25-17-7-2-8-18-25,26-19-9-3-10-20-26)27-21-11-4-12-22-27/h1-12,14-15,17-22H,23H2. The minimum Gasteiger partial charge on any atom is -0.127 e. The fourth-order valence-electron chi connectivity index (χ4n) is 3.57. The normalized spacial score (nSPS) is 10.8. The lowest BCUT2D eigenvalue weighted by Gasteiger charge is -2.35. The van der Waals surface area contributed by atoms with E-state index in [2.05, 4.69) is 115 Å². The molecule has 0 aliphatic heterocycles. The van der Waals surface area contributed by atoms with Gasteiger partial charge >= 0.3 is 0 Å². The molecule has 0 saturated carbocycles. The van der Waals surface area contributed by atoms with E-state index in [0.29, 0.717) is 0 Å². The van der Waals surface area contributed by atoms with Crippen LogP contribution in [0.4, 0.5) is 0 Å². The summed E-state index contributed by atoms with van der Waals surface area (Å²) in [5, 5.41) is 0. The molecule has 0 nitrogen and oxygen atoms in total. The second-order valence-corrected chi connectivity index (χ2v) is 7.93. The number of benzene rings is 4. The van der Waals surface area contributed by atoms with Crippen molar-refractivity contribution in [2.75, 3.05) is 5.75 Å². The van der Waals surface area contributed by atoms with Gasteiger partial charge in [-0.1, -0.05) is 121 Å². The summed E-state index contributed by atoms with van der Waals surface area (Å²) in [6, 6.07) is 42.4. The number of hydrogen-bond donors (Lipinski definition) is 0. The van der Waals surface area contributed by atoms with Gasteiger partial charge in [0.2, 0.25) is 0 Å². The predicted molar refractivity (Wildman–Crippen MR) is 125 cm³/mol. The van der Waals surface area contributed by atoms with Gasteiger partial charge in [0.25, 0.3) is 0 Å². The molecule has 0 unspecified atom stereocenters. The van der Waals surface area contributed by atoms with E-state index in [1.165, 1.54) is 16.7 Å². The molecule has 0 aliphatic carbocycles. The molecule has 4 rings (SSSR count). The van der Waals surface area contributed by atoms with E-state index in [1.807, 2.05) is 30.0 Å². The first-order valence-corrected chi connectivity index (χ1v) is 10.7. The maximum absolute atomic E-state index is 3.38. The quantitative estimate of drug-likeness (QED) is 0.268. The summed E-state index contributed by atoms with van der Waals surface area (Å²) < 4.78 is -0.310. The molecule has 0 N–H and O–H groups in total. The largest absolute Gasteiger partial charge is 0.127 e. The zero-order valence-electron chi connectivity index (χ0n) is 16.2. The van der Waals surface area contributed by atoms with Crippen LogP contribution >= 0.6 is 11.8 Å². The van der Waals surface area contributed by atoms with Crippen molar-refractivity contribution >= 4 is 11.8 Å². The summed E-state index contributed by atoms with van der Waals surface area (Å²) in [5.41, 5.74) is 4.86. The van der Waals surface area contributed by atoms with Crippen LogP contribution in [-0.2, 0) is 4.75 Å². The van der Waals surface area contributed by atoms with E-state index in [0.717, 1.165) is 11.3 Å². The average molecular weight is 391 g/mol. The van der Waals surface area contributed by atoms with Crippen molar-refractivity contribution < 1.29 is 0 Å². The Labute approximate surface area is 177 Å². The Morgan fingerprint density at radius 2 is 0.897 bits per heavy atom. The first kappa shape index (κ1) is 19.1. The summed E-state index contributed by atoms with van der Waals surface area (Å²) in [6.07, 6.45) is 0. The third-order valence-corrected chi connectivity index (χ3v) is 6.34. The number of hydrogen-bond acceptors (Lipinski definition) is 1. The van der Waals surface area contributed by atoms with Crippen molar-refractivity contribution in [2.24, 2.45) is 0 Å². The topological polar surface area (TPSA) is 0 Å². The second-order valence-electron chi connectivity index (χ2n) is 6.74. The molecule has 4 aromatic carbocycles. The lowest BCUT2D eigenvalue weighted by atomic mass is 9.84. The van der Waals surface area contributed by atoms with Crippen LogP contribution in [0.5, 0.6) is 0 Å². The van der Waals surface area contributed by atoms with Crippen LogP contribution in [-0.4, -0.2) is 5.75 Å². The molecule has 4 aromatic rings. The van der Waals surface area contributed by atoms with Gasteiger partial charge in [-0.2, -0.15) is 0 Å². The smallest absolute Gasteiger partial charge is 0.0916 e. The van der Waals surface area contributed by atoms with Crippen LogP contribution in [0.1, 0.15) is 22.3 Å². The molecule has 0 aromatic heterocycles. The maximum atomic E-state index is 3.38. The molecule has 0 saturated heterocycles. The Kier molecular flexibility index (Phi) is 6.15. The lowest BCUT2D eigenvalue weighted by Crippen LogP contribution is -2.26. The highest BCUT2D eigenvalue weighted by Crippen LogP contribution is 2.48. The summed E-state index contributed by atoms with van der Waals surface area (Å²) >= 11 is 1.87. The predicted octanol–water partition coefficient (Wildman–Crippen LogP) is 6.76. The SMILES string of the molecule is C(#Cc1ccccc1)CSC(c1ccccc1)(c1ccccc1)c1ccccc1. The van der Waals surface area contributed by atoms with Crippen molar-refractivity contribution in [1.29, 1.82) is 0 Å². The molecule has 0 bridgehead atoms. The van der Waals surface area contributed by atoms with Gasteiger partial charge in [0.1, 0.15) is 0 Å². The Hall–Kier alpha value is -3.21. The van der Waals surface area contributed by atoms with E-state index >= 15 is 0 Å². The van der Waals surface area contributed by atoms with Crippen LogP contribution in [0.25, 0.3) is 0 Å². The molecule has 0 atom stereocenters. The molecule has 0 aliphatic rings. The van der Waals surface area contributed by atoms with Gasteiger partial charge in [0.15, 0.2) is 0 Å². The molecule has 0 amide bonds. The Balaban J connectivity index is 1.79. The second kappa shape index (κ2) is 9.32. The fourth-order valence-corrected chi connectivity index (χ4v) is 4.84. The molecule has 0 spiro atoms. The van der Waals surface area contributed by atoms with Crippen LogP contribution in [0.15, 0.2) is 121 Å². The van der Waals surface area contributed by atoms with Gasteiger partial charge in [-0.05, 0) is 28.8 Å². The van der Waals surface area contributed by atoms with Crippen LogP contribution in [0.3, 0.4) is 0 Å². The third-order valence-electron chi connectivity index (χ3n) is 4.91. The Bertz CT molecular complexity index is 979. The van der Waals surface area contributed by atoms with Crippen molar-refractivity contribution in [3.63, 3.8) is 0 Å². The molecule has 0 radical (unpaired) electrons. The number of rotatable bonds is 5. The van der Waals surface area contributed by atoms with E-state index in [4.69, 9.17) is 0 Å². The first-order valence-electron chi connectivity index (χ1n) is 9.74. The van der Waals surface area contributed by atoms with Crippen molar-refractivity contribution in [3.8, 4) is 11.8 Å². The highest BCUT2D eigenvalue weighted by Gasteiger charge is 2.36. The highest BCUT2D eigenvalue weighted by molar-refractivity contribution is 8.00. The highest BCUT2D eigenvalue weighted by atomic mass is 32.2. The minimum absolute atomic E-state index is 0.310. The Morgan fingerprint density at radius 1 is 0.517 bits per heavy atom. The van der Waals surface area contributed by atoms with E-state index in [9.17, 15) is 0 Å². The van der Waals surface area contributed by atoms with Crippen molar-refractivity contribution in [3.05, 3.63) is 144 Å². The van der Waals surface area contributed by atoms with Gasteiger partial charge in [-0.3, -0.25) is 0 Å². The lowest BCUT2D eigenvalue weighted by molar-refractivity contribution is 0.897. The van der Waals surface area contributed by atoms with Gasteiger partial charge < -0.3 is 0 Å². The molecule has 29 heavy (non-hydrogen) atoms. The van der Waals surface area contributed by atoms with Crippen LogP contribution < -0.4 is 0 Å². The van der Waals surface area contributed by atoms with Crippen molar-refractivity contribution in [2.45, 2.75) is 4.75 Å². The minimum atomic E-state index is -0.310. The van der Waals surface area contributed by atoms with Crippen LogP contribution in [0.2, 0.25) is 0 Å². The average Bonchev–Trinajstić information content (AvgIpc) is 2.82. The summed E-state index contributed by atoms with van der Waals surface area (Å²) in [4.78, 5) is 0. The van der Waals surface area contributed by atoms with Crippen molar-refractivity contribution in [1.82, 2.24) is 0 Å². The van der Waals surface area contributed by atoms with E-state index < -0.39 is 0 Å². The molecule has 0 heterocycles. The molecular weight excluding hydrogens is 368 g/mol. The summed E-state index contributed by atoms with van der Waals surface area (Å²) in [7, 11) is 0. The Morgan fingerprint density at radius 3 is 1.31 bits per heavy atom. The van der Waals surface area contributed by atoms with E-state index in [1.54, 1.807) is 0 Å². The fraction of sp³-hybridized carbons (Fsp3) is 0.0714. The third kappa shape index (κ3) is 4.29. The van der Waals surface area contributed by atoms with Crippen LogP contribution in [0, 0.1) is 11.8 Å². The molecule has 1 heteroatoms. The van der Waals surface area contributed by atoms with Gasteiger partial charge in [-0.25, -0.2) is 0 Å². The zero-order valence-corrected chi connectivity index (χ0v) is 17.0. The monoisotopic (exact) mass is 390 g/mol. The molecule has 0 fully saturated rings. The molecule has 140 valence electrons. The maximum Gasteiger partial charge on any atom is 0.0916 e. The summed E-state index contributed by atoms with van der Waals surface area (Å²) in [6.45, 7) is 0. The van der Waals surface area contributed by atoms with Gasteiger partial charge in [0, 0.05) is 5.56 Å². The summed E-state index contributed by atoms with van der Waals surface area (Å²) in [5.74, 6) is 7.41. The first-order chi connectivity index (χ1) is 14.4. The zero-order chi connectivity index (χ0) is 19.8. The number of thioether (sulfide) groups is 1. The van der Waals surface area contributed by atoms with E-state index in [-0.39, 0.29) is 4.75 Å². The van der Waals surface area contributed by atoms with Gasteiger partial charge in [0.05, 0.1) is 10.5 Å². The van der Waals surface area contributed by atoms with Gasteiger partial charge in [-0.15, -0.1) is 11.8 Å².